The van der Waals surface area contributed by atoms with Gasteiger partial charge in [-0.05, 0) is 36.4 Å². The fraction of sp³-hybridized carbons (Fsp3) is 0.316. The number of carboxylic acids is 1. The molecule has 1 fully saturated rings. The van der Waals surface area contributed by atoms with E-state index in [4.69, 9.17) is 16.7 Å². The summed E-state index contributed by atoms with van der Waals surface area (Å²) in [6, 6.07) is 7.75. The average Bonchev–Trinajstić information content (AvgIpc) is 3.30. The van der Waals surface area contributed by atoms with E-state index in [1.807, 2.05) is 39.9 Å². The van der Waals surface area contributed by atoms with Gasteiger partial charge in [0.25, 0.3) is 0 Å². The smallest absolute Gasteiger partial charge is 0.338 e. The zero-order valence-electron chi connectivity index (χ0n) is 14.6. The van der Waals surface area contributed by atoms with Crippen molar-refractivity contribution >= 4 is 34.4 Å². The Kier molecular flexibility index (Phi) is 4.61. The highest BCUT2D eigenvalue weighted by molar-refractivity contribution is 6.31. The van der Waals surface area contributed by atoms with Crippen molar-refractivity contribution in [3.63, 3.8) is 0 Å². The maximum atomic E-state index is 12.7. The molecule has 4 rings (SSSR count). The summed E-state index contributed by atoms with van der Waals surface area (Å²) in [7, 11) is 0. The second kappa shape index (κ2) is 7.08. The normalized spacial score (nSPS) is 15.4. The molecule has 2 aromatic heterocycles. The first kappa shape index (κ1) is 17.6. The molecule has 0 atom stereocenters. The highest BCUT2D eigenvalue weighted by Gasteiger charge is 2.25. The molecule has 3 heterocycles. The summed E-state index contributed by atoms with van der Waals surface area (Å²) in [4.78, 5) is 25.5. The van der Waals surface area contributed by atoms with E-state index in [-0.39, 0.29) is 24.1 Å². The van der Waals surface area contributed by atoms with Gasteiger partial charge in [0.15, 0.2) is 0 Å². The molecule has 27 heavy (non-hydrogen) atoms. The van der Waals surface area contributed by atoms with Crippen molar-refractivity contribution in [3.8, 4) is 0 Å². The molecule has 8 heteroatoms. The number of aromatic carboxylic acids is 1. The molecule has 3 aromatic rings. The van der Waals surface area contributed by atoms with E-state index >= 15 is 0 Å². The first-order valence-electron chi connectivity index (χ1n) is 8.81. The van der Waals surface area contributed by atoms with Gasteiger partial charge in [-0.25, -0.2) is 4.79 Å². The third-order valence-electron chi connectivity index (χ3n) is 5.08. The summed E-state index contributed by atoms with van der Waals surface area (Å²) in [6.45, 7) is 1.54. The van der Waals surface area contributed by atoms with Crippen LogP contribution in [0.5, 0.6) is 0 Å². The number of amides is 1. The highest BCUT2D eigenvalue weighted by atomic mass is 35.5. The van der Waals surface area contributed by atoms with E-state index in [0.29, 0.717) is 18.1 Å². The van der Waals surface area contributed by atoms with Gasteiger partial charge in [-0.1, -0.05) is 17.7 Å². The zero-order valence-corrected chi connectivity index (χ0v) is 15.3. The molecular weight excluding hydrogens is 368 g/mol. The first-order chi connectivity index (χ1) is 13.0. The van der Waals surface area contributed by atoms with Crippen LogP contribution in [0.3, 0.4) is 0 Å². The Morgan fingerprint density at radius 2 is 2.00 bits per heavy atom. The fourth-order valence-electron chi connectivity index (χ4n) is 3.57. The van der Waals surface area contributed by atoms with Crippen molar-refractivity contribution in [1.29, 1.82) is 0 Å². The van der Waals surface area contributed by atoms with Crippen LogP contribution in [-0.2, 0) is 11.3 Å². The van der Waals surface area contributed by atoms with Crippen LogP contribution < -0.4 is 0 Å². The molecular formula is C19H19ClN4O3. The Balaban J connectivity index is 1.39. The van der Waals surface area contributed by atoms with Crippen LogP contribution >= 0.6 is 11.6 Å². The summed E-state index contributed by atoms with van der Waals surface area (Å²) < 4.78 is 3.62. The van der Waals surface area contributed by atoms with Gasteiger partial charge in [-0.15, -0.1) is 0 Å². The van der Waals surface area contributed by atoms with Gasteiger partial charge in [-0.3, -0.25) is 9.48 Å². The minimum atomic E-state index is -0.979. The number of carbonyl (C=O) groups excluding carboxylic acids is 1. The predicted octanol–water partition coefficient (Wildman–Crippen LogP) is 3.05. The Hall–Kier alpha value is -2.80. The predicted molar refractivity (Wildman–Crippen MR) is 101 cm³/mol. The van der Waals surface area contributed by atoms with Crippen molar-refractivity contribution < 1.29 is 14.7 Å². The maximum absolute atomic E-state index is 12.7. The Morgan fingerprint density at radius 3 is 2.70 bits per heavy atom. The van der Waals surface area contributed by atoms with Crippen LogP contribution in [0.2, 0.25) is 5.02 Å². The van der Waals surface area contributed by atoms with Crippen LogP contribution in [0.4, 0.5) is 0 Å². The molecule has 0 unspecified atom stereocenters. The quantitative estimate of drug-likeness (QED) is 0.747. The van der Waals surface area contributed by atoms with Gasteiger partial charge in [0.1, 0.15) is 6.54 Å². The average molecular weight is 387 g/mol. The second-order valence-electron chi connectivity index (χ2n) is 6.77. The van der Waals surface area contributed by atoms with Gasteiger partial charge in [-0.2, -0.15) is 5.10 Å². The van der Waals surface area contributed by atoms with E-state index < -0.39 is 5.97 Å². The lowest BCUT2D eigenvalue weighted by molar-refractivity contribution is -0.133. The van der Waals surface area contributed by atoms with Gasteiger partial charge < -0.3 is 14.6 Å². The van der Waals surface area contributed by atoms with Crippen molar-refractivity contribution in [3.05, 3.63) is 53.4 Å². The number of fused-ring (bicyclic) bond motifs is 1. The van der Waals surface area contributed by atoms with Crippen LogP contribution in [0.25, 0.3) is 10.9 Å². The number of likely N-dealkylation sites (tertiary alicyclic amines) is 1. The topological polar surface area (TPSA) is 80.4 Å². The van der Waals surface area contributed by atoms with Crippen LogP contribution in [0.1, 0.15) is 29.2 Å². The fourth-order valence-corrected chi connectivity index (χ4v) is 3.73. The Morgan fingerprint density at radius 1 is 1.22 bits per heavy atom. The lowest BCUT2D eigenvalue weighted by Gasteiger charge is -2.32. The number of nitrogens with zero attached hydrogens (tertiary/aromatic N) is 4. The number of hydrogen-bond acceptors (Lipinski definition) is 3. The minimum Gasteiger partial charge on any atom is -0.478 e. The molecule has 1 N–H and O–H groups in total. The molecule has 1 saturated heterocycles. The van der Waals surface area contributed by atoms with E-state index in [2.05, 4.69) is 5.10 Å². The maximum Gasteiger partial charge on any atom is 0.338 e. The molecule has 140 valence electrons. The first-order valence-corrected chi connectivity index (χ1v) is 9.18. The number of hydrogen-bond donors (Lipinski definition) is 1. The van der Waals surface area contributed by atoms with Crippen molar-refractivity contribution in [1.82, 2.24) is 19.2 Å². The molecule has 0 bridgehead atoms. The number of piperidine rings is 1. The Bertz CT molecular complexity index is 1000. The van der Waals surface area contributed by atoms with Crippen LogP contribution in [-0.4, -0.2) is 49.3 Å². The molecule has 1 aliphatic heterocycles. The third-order valence-corrected chi connectivity index (χ3v) is 5.32. The summed E-state index contributed by atoms with van der Waals surface area (Å²) in [6.07, 6.45) is 6.33. The van der Waals surface area contributed by atoms with Crippen LogP contribution in [0, 0.1) is 0 Å². The molecule has 0 aliphatic carbocycles. The molecule has 0 spiro atoms. The Labute approximate surface area is 160 Å². The van der Waals surface area contributed by atoms with Crippen LogP contribution in [0.15, 0.2) is 42.9 Å². The SMILES string of the molecule is O=C(O)c1cnn(C2CCN(C(=O)Cn3ccc4ccc(Cl)cc43)CC2)c1. The molecule has 1 aromatic carbocycles. The van der Waals surface area contributed by atoms with Gasteiger partial charge in [0.05, 0.1) is 17.8 Å². The molecule has 0 saturated carbocycles. The van der Waals surface area contributed by atoms with Crippen molar-refractivity contribution in [2.24, 2.45) is 0 Å². The van der Waals surface area contributed by atoms with Gasteiger partial charge in [0, 0.05) is 36.0 Å². The molecule has 7 nitrogen and oxygen atoms in total. The second-order valence-corrected chi connectivity index (χ2v) is 7.21. The summed E-state index contributed by atoms with van der Waals surface area (Å²) in [5, 5.41) is 14.9. The number of carbonyl (C=O) groups is 2. The largest absolute Gasteiger partial charge is 0.478 e. The molecule has 1 amide bonds. The molecule has 0 radical (unpaired) electrons. The number of halogens is 1. The zero-order chi connectivity index (χ0) is 19.0. The van der Waals surface area contributed by atoms with E-state index in [9.17, 15) is 9.59 Å². The van der Waals surface area contributed by atoms with Crippen molar-refractivity contribution in [2.75, 3.05) is 13.1 Å². The van der Waals surface area contributed by atoms with Gasteiger partial charge in [0.2, 0.25) is 5.91 Å². The lowest BCUT2D eigenvalue weighted by atomic mass is 10.1. The van der Waals surface area contributed by atoms with Crippen molar-refractivity contribution in [2.45, 2.75) is 25.4 Å². The highest BCUT2D eigenvalue weighted by Crippen LogP contribution is 2.24. The summed E-state index contributed by atoms with van der Waals surface area (Å²) >= 11 is 6.07. The monoisotopic (exact) mass is 386 g/mol. The number of benzene rings is 1. The number of rotatable bonds is 4. The summed E-state index contributed by atoms with van der Waals surface area (Å²) in [5.41, 5.74) is 1.13. The minimum absolute atomic E-state index is 0.0672. The number of aromatic nitrogens is 3. The summed E-state index contributed by atoms with van der Waals surface area (Å²) in [5.74, 6) is -0.912. The molecule has 1 aliphatic rings. The van der Waals surface area contributed by atoms with E-state index in [0.717, 1.165) is 23.7 Å². The van der Waals surface area contributed by atoms with Gasteiger partial charge >= 0.3 is 5.97 Å². The standard InChI is InChI=1S/C19H19ClN4O3/c20-15-2-1-13-3-6-23(17(13)9-15)12-18(25)22-7-4-16(5-8-22)24-11-14(10-21-24)19(26)27/h1-3,6,9-11,16H,4-5,7-8,12H2,(H,26,27). The van der Waals surface area contributed by atoms with E-state index in [1.165, 1.54) is 6.20 Å². The lowest BCUT2D eigenvalue weighted by Crippen LogP contribution is -2.40. The number of carboxylic acid groups (broad SMARTS) is 1. The third kappa shape index (κ3) is 3.55. The van der Waals surface area contributed by atoms with E-state index in [1.54, 1.807) is 10.9 Å².